The molecule has 0 fully saturated rings. The van der Waals surface area contributed by atoms with Gasteiger partial charge >= 0.3 is 0 Å². The Morgan fingerprint density at radius 2 is 0.889 bits per heavy atom. The van der Waals surface area contributed by atoms with E-state index in [1.54, 1.807) is 0 Å². The van der Waals surface area contributed by atoms with Gasteiger partial charge in [0.05, 0.1) is 0 Å². The molecule has 0 amide bonds. The minimum atomic E-state index is 1.23. The highest BCUT2D eigenvalue weighted by Crippen LogP contribution is 2.38. The van der Waals surface area contributed by atoms with Gasteiger partial charge in [-0.05, 0) is 90.0 Å². The third kappa shape index (κ3) is 3.56. The van der Waals surface area contributed by atoms with Crippen LogP contribution in [0.3, 0.4) is 0 Å². The second kappa shape index (κ2) is 8.52. The number of rotatable bonds is 3. The fraction of sp³-hybridized carbons (Fsp3) is 0. The zero-order valence-electron chi connectivity index (χ0n) is 19.9. The van der Waals surface area contributed by atoms with Crippen LogP contribution < -0.4 is 0 Å². The lowest BCUT2D eigenvalue weighted by Gasteiger charge is -2.14. The predicted octanol–water partition coefficient (Wildman–Crippen LogP) is 10.1. The molecule has 0 aliphatic carbocycles. The zero-order chi connectivity index (χ0) is 23.9. The Balaban J connectivity index is 1.45. The van der Waals surface area contributed by atoms with Gasteiger partial charge in [-0.1, -0.05) is 121 Å². The molecule has 0 radical (unpaired) electrons. The molecule has 7 aromatic rings. The molecular weight excluding hydrogens is 432 g/mol. The molecule has 0 aliphatic heterocycles. The van der Waals surface area contributed by atoms with Gasteiger partial charge in [0.2, 0.25) is 0 Å². The first kappa shape index (κ1) is 20.7. The first-order chi connectivity index (χ1) is 17.8. The van der Waals surface area contributed by atoms with Crippen molar-refractivity contribution in [2.75, 3.05) is 0 Å². The summed E-state index contributed by atoms with van der Waals surface area (Å²) in [4.78, 5) is 0. The monoisotopic (exact) mass is 456 g/mol. The average molecular weight is 457 g/mol. The van der Waals surface area contributed by atoms with Crippen LogP contribution in [0.5, 0.6) is 0 Å². The van der Waals surface area contributed by atoms with Crippen LogP contribution in [0.25, 0.3) is 65.7 Å². The van der Waals surface area contributed by atoms with E-state index in [2.05, 4.69) is 146 Å². The summed E-state index contributed by atoms with van der Waals surface area (Å²) in [6.45, 7) is 0. The standard InChI is InChI=1S/C36H24/c1-2-9-25(10-3-1)30-19-20-34-33-16-7-6-13-32(33)24-35(36(34)23-30)31-15-8-14-28(22-31)29-18-17-26-11-4-5-12-27(26)21-29/h1-24H. The highest BCUT2D eigenvalue weighted by molar-refractivity contribution is 6.14. The van der Waals surface area contributed by atoms with Gasteiger partial charge in [0.25, 0.3) is 0 Å². The van der Waals surface area contributed by atoms with Crippen molar-refractivity contribution in [3.63, 3.8) is 0 Å². The van der Waals surface area contributed by atoms with Crippen molar-refractivity contribution in [3.8, 4) is 33.4 Å². The van der Waals surface area contributed by atoms with E-state index in [1.165, 1.54) is 65.7 Å². The summed E-state index contributed by atoms with van der Waals surface area (Å²) in [6.07, 6.45) is 0. The number of fused-ring (bicyclic) bond motifs is 4. The minimum Gasteiger partial charge on any atom is -0.0622 e. The van der Waals surface area contributed by atoms with Gasteiger partial charge in [-0.25, -0.2) is 0 Å². The van der Waals surface area contributed by atoms with Crippen LogP contribution in [-0.4, -0.2) is 0 Å². The van der Waals surface area contributed by atoms with Crippen molar-refractivity contribution in [2.45, 2.75) is 0 Å². The minimum absolute atomic E-state index is 1.23. The van der Waals surface area contributed by atoms with Crippen molar-refractivity contribution in [1.29, 1.82) is 0 Å². The van der Waals surface area contributed by atoms with Gasteiger partial charge in [0.15, 0.2) is 0 Å². The van der Waals surface area contributed by atoms with E-state index in [1.807, 2.05) is 0 Å². The number of hydrogen-bond donors (Lipinski definition) is 0. The molecule has 0 aromatic heterocycles. The Labute approximate surface area is 211 Å². The fourth-order valence-corrected chi connectivity index (χ4v) is 5.39. The maximum absolute atomic E-state index is 2.36. The number of benzene rings is 7. The first-order valence-electron chi connectivity index (χ1n) is 12.4. The average Bonchev–Trinajstić information content (AvgIpc) is 2.96. The van der Waals surface area contributed by atoms with E-state index in [0.29, 0.717) is 0 Å². The second-order valence-electron chi connectivity index (χ2n) is 9.41. The van der Waals surface area contributed by atoms with Crippen LogP contribution >= 0.6 is 0 Å². The molecule has 0 bridgehead atoms. The maximum Gasteiger partial charge on any atom is -0.00928 e. The van der Waals surface area contributed by atoms with Crippen LogP contribution in [0.4, 0.5) is 0 Å². The molecule has 0 spiro atoms. The summed E-state index contributed by atoms with van der Waals surface area (Å²) < 4.78 is 0. The van der Waals surface area contributed by atoms with E-state index < -0.39 is 0 Å². The molecule has 0 saturated carbocycles. The smallest absolute Gasteiger partial charge is 0.00928 e. The van der Waals surface area contributed by atoms with Crippen molar-refractivity contribution >= 4 is 32.3 Å². The first-order valence-corrected chi connectivity index (χ1v) is 12.4. The molecule has 0 saturated heterocycles. The van der Waals surface area contributed by atoms with Gasteiger partial charge < -0.3 is 0 Å². The zero-order valence-corrected chi connectivity index (χ0v) is 19.9. The lowest BCUT2D eigenvalue weighted by Crippen LogP contribution is -1.87. The van der Waals surface area contributed by atoms with Gasteiger partial charge in [0.1, 0.15) is 0 Å². The van der Waals surface area contributed by atoms with Gasteiger partial charge in [-0.3, -0.25) is 0 Å². The van der Waals surface area contributed by atoms with Crippen LogP contribution in [0.1, 0.15) is 0 Å². The highest BCUT2D eigenvalue weighted by atomic mass is 14.1. The number of hydrogen-bond acceptors (Lipinski definition) is 0. The summed E-state index contributed by atoms with van der Waals surface area (Å²) in [5.74, 6) is 0. The molecule has 0 heterocycles. The molecule has 168 valence electrons. The van der Waals surface area contributed by atoms with Gasteiger partial charge in [-0.15, -0.1) is 0 Å². The van der Waals surface area contributed by atoms with Crippen LogP contribution in [0.2, 0.25) is 0 Å². The second-order valence-corrected chi connectivity index (χ2v) is 9.41. The summed E-state index contributed by atoms with van der Waals surface area (Å²) in [5.41, 5.74) is 7.46. The molecule has 0 heteroatoms. The molecule has 36 heavy (non-hydrogen) atoms. The Bertz CT molecular complexity index is 1880. The largest absolute Gasteiger partial charge is 0.0622 e. The van der Waals surface area contributed by atoms with E-state index in [9.17, 15) is 0 Å². The lowest BCUT2D eigenvalue weighted by molar-refractivity contribution is 1.62. The Kier molecular flexibility index (Phi) is 4.89. The molecule has 0 atom stereocenters. The Hall–Kier alpha value is -4.68. The van der Waals surface area contributed by atoms with Crippen LogP contribution in [0, 0.1) is 0 Å². The summed E-state index contributed by atoms with van der Waals surface area (Å²) >= 11 is 0. The Morgan fingerprint density at radius 3 is 1.78 bits per heavy atom. The molecular formula is C36H24. The third-order valence-electron chi connectivity index (χ3n) is 7.22. The summed E-state index contributed by atoms with van der Waals surface area (Å²) in [6, 6.07) is 52.9. The van der Waals surface area contributed by atoms with E-state index in [4.69, 9.17) is 0 Å². The topological polar surface area (TPSA) is 0 Å². The quantitative estimate of drug-likeness (QED) is 0.232. The van der Waals surface area contributed by atoms with Crippen LogP contribution in [-0.2, 0) is 0 Å². The molecule has 0 nitrogen and oxygen atoms in total. The van der Waals surface area contributed by atoms with Gasteiger partial charge in [0, 0.05) is 0 Å². The van der Waals surface area contributed by atoms with Crippen LogP contribution in [0.15, 0.2) is 146 Å². The molecule has 7 aromatic carbocycles. The summed E-state index contributed by atoms with van der Waals surface area (Å²) in [5, 5.41) is 7.67. The van der Waals surface area contributed by atoms with Gasteiger partial charge in [-0.2, -0.15) is 0 Å². The molecule has 0 unspecified atom stereocenters. The molecule has 0 aliphatic rings. The van der Waals surface area contributed by atoms with Crippen molar-refractivity contribution in [3.05, 3.63) is 146 Å². The SMILES string of the molecule is c1ccc(-c2ccc3c(c2)c(-c2cccc(-c4ccc5ccccc5c4)c2)cc2ccccc23)cc1. The van der Waals surface area contributed by atoms with E-state index >= 15 is 0 Å². The van der Waals surface area contributed by atoms with E-state index in [-0.39, 0.29) is 0 Å². The predicted molar refractivity (Wildman–Crippen MR) is 155 cm³/mol. The lowest BCUT2D eigenvalue weighted by atomic mass is 9.90. The van der Waals surface area contributed by atoms with Crippen molar-refractivity contribution in [1.82, 2.24) is 0 Å². The summed E-state index contributed by atoms with van der Waals surface area (Å²) in [7, 11) is 0. The van der Waals surface area contributed by atoms with E-state index in [0.717, 1.165) is 0 Å². The molecule has 0 N–H and O–H groups in total. The fourth-order valence-electron chi connectivity index (χ4n) is 5.39. The Morgan fingerprint density at radius 1 is 0.250 bits per heavy atom. The van der Waals surface area contributed by atoms with Crippen molar-refractivity contribution in [2.24, 2.45) is 0 Å². The molecule has 7 rings (SSSR count). The third-order valence-corrected chi connectivity index (χ3v) is 7.22. The highest BCUT2D eigenvalue weighted by Gasteiger charge is 2.11. The normalized spacial score (nSPS) is 11.3. The van der Waals surface area contributed by atoms with Crippen molar-refractivity contribution < 1.29 is 0 Å². The maximum atomic E-state index is 2.36.